The minimum atomic E-state index is -0.675. The van der Waals surface area contributed by atoms with Gasteiger partial charge in [-0.25, -0.2) is 4.98 Å². The highest BCUT2D eigenvalue weighted by Gasteiger charge is 2.30. The summed E-state index contributed by atoms with van der Waals surface area (Å²) in [6, 6.07) is 3.59. The molecule has 1 aliphatic heterocycles. The van der Waals surface area contributed by atoms with Gasteiger partial charge in [0.25, 0.3) is 5.91 Å². The van der Waals surface area contributed by atoms with Crippen molar-refractivity contribution in [3.05, 3.63) is 40.2 Å². The van der Waals surface area contributed by atoms with Gasteiger partial charge in [-0.2, -0.15) is 0 Å². The van der Waals surface area contributed by atoms with Crippen LogP contribution in [0.2, 0.25) is 0 Å². The van der Waals surface area contributed by atoms with Gasteiger partial charge >= 0.3 is 0 Å². The average molecular weight is 334 g/mol. The van der Waals surface area contributed by atoms with Crippen LogP contribution < -0.4 is 0 Å². The van der Waals surface area contributed by atoms with Crippen LogP contribution in [-0.2, 0) is 0 Å². The molecule has 2 unspecified atom stereocenters. The van der Waals surface area contributed by atoms with Crippen LogP contribution in [0, 0.1) is 6.92 Å². The number of aromatic nitrogens is 1. The zero-order chi connectivity index (χ0) is 16.2. The number of rotatable bonds is 4. The van der Waals surface area contributed by atoms with Crippen LogP contribution in [0.1, 0.15) is 59.3 Å². The molecular weight excluding hydrogens is 312 g/mol. The van der Waals surface area contributed by atoms with Crippen LogP contribution in [0.15, 0.2) is 28.3 Å². The van der Waals surface area contributed by atoms with E-state index in [1.54, 1.807) is 23.9 Å². The van der Waals surface area contributed by atoms with Crippen molar-refractivity contribution in [1.29, 1.82) is 0 Å². The zero-order valence-electron chi connectivity index (χ0n) is 13.3. The number of likely N-dealkylation sites (tertiary alicyclic amines) is 1. The van der Waals surface area contributed by atoms with E-state index in [0.717, 1.165) is 37.9 Å². The number of nitrogens with zero attached hydrogens (tertiary/aromatic N) is 2. The Morgan fingerprint density at radius 1 is 1.52 bits per heavy atom. The van der Waals surface area contributed by atoms with Gasteiger partial charge in [-0.1, -0.05) is 12.8 Å². The van der Waals surface area contributed by atoms with E-state index >= 15 is 0 Å². The molecule has 1 saturated heterocycles. The van der Waals surface area contributed by atoms with E-state index in [1.165, 1.54) is 11.3 Å². The molecule has 1 N–H and O–H groups in total. The molecule has 5 nitrogen and oxygen atoms in total. The normalized spacial score (nSPS) is 20.3. The quantitative estimate of drug-likeness (QED) is 0.928. The summed E-state index contributed by atoms with van der Waals surface area (Å²) in [6.07, 6.45) is 5.54. The van der Waals surface area contributed by atoms with Crippen LogP contribution in [0.4, 0.5) is 0 Å². The zero-order valence-corrected chi connectivity index (χ0v) is 14.1. The number of aryl methyl sites for hydroxylation is 1. The Morgan fingerprint density at radius 3 is 3.09 bits per heavy atom. The second-order valence-electron chi connectivity index (χ2n) is 6.04. The monoisotopic (exact) mass is 334 g/mol. The Balaban J connectivity index is 1.77. The maximum atomic E-state index is 12.9. The molecule has 2 aromatic heterocycles. The van der Waals surface area contributed by atoms with Crippen LogP contribution in [0.3, 0.4) is 0 Å². The third-order valence-corrected chi connectivity index (χ3v) is 5.36. The first-order valence-corrected chi connectivity index (χ1v) is 8.97. The van der Waals surface area contributed by atoms with E-state index in [2.05, 4.69) is 4.98 Å². The van der Waals surface area contributed by atoms with E-state index in [0.29, 0.717) is 17.1 Å². The van der Waals surface area contributed by atoms with Crippen molar-refractivity contribution in [2.45, 2.75) is 51.2 Å². The fourth-order valence-electron chi connectivity index (χ4n) is 3.18. The second kappa shape index (κ2) is 7.27. The minimum absolute atomic E-state index is 0.0339. The SMILES string of the molecule is Cc1ncsc1C(=O)N1CCCCCC1CC(O)c1ccco1. The van der Waals surface area contributed by atoms with Gasteiger partial charge in [-0.05, 0) is 31.9 Å². The number of carbonyl (C=O) groups is 1. The molecule has 0 aromatic carbocycles. The van der Waals surface area contributed by atoms with E-state index < -0.39 is 6.10 Å². The van der Waals surface area contributed by atoms with Crippen molar-refractivity contribution >= 4 is 17.2 Å². The lowest BCUT2D eigenvalue weighted by atomic mass is 10.0. The Morgan fingerprint density at radius 2 is 2.39 bits per heavy atom. The molecular formula is C17H22N2O3S. The lowest BCUT2D eigenvalue weighted by molar-refractivity contribution is 0.0561. The van der Waals surface area contributed by atoms with Gasteiger partial charge in [0, 0.05) is 19.0 Å². The smallest absolute Gasteiger partial charge is 0.266 e. The maximum absolute atomic E-state index is 12.9. The topological polar surface area (TPSA) is 66.6 Å². The lowest BCUT2D eigenvalue weighted by Gasteiger charge is -2.31. The molecule has 0 spiro atoms. The highest BCUT2D eigenvalue weighted by Crippen LogP contribution is 2.28. The molecule has 2 atom stereocenters. The molecule has 3 heterocycles. The molecule has 124 valence electrons. The highest BCUT2D eigenvalue weighted by molar-refractivity contribution is 7.11. The van der Waals surface area contributed by atoms with Gasteiger partial charge in [-0.3, -0.25) is 4.79 Å². The van der Waals surface area contributed by atoms with Gasteiger partial charge in [0.15, 0.2) is 0 Å². The standard InChI is InChI=1S/C17H22N2O3S/c1-12-16(23-11-18-12)17(21)19-8-4-2-3-6-13(19)10-14(20)15-7-5-9-22-15/h5,7,9,11,13-14,20H,2-4,6,8,10H2,1H3. The predicted molar refractivity (Wildman–Crippen MR) is 88.4 cm³/mol. The summed E-state index contributed by atoms with van der Waals surface area (Å²) >= 11 is 1.39. The molecule has 3 rings (SSSR count). The number of aliphatic hydroxyl groups excluding tert-OH is 1. The fourth-order valence-corrected chi connectivity index (χ4v) is 3.94. The Labute approximate surface area is 140 Å². The molecule has 1 aliphatic rings. The third kappa shape index (κ3) is 3.64. The Bertz CT molecular complexity index is 638. The second-order valence-corrected chi connectivity index (χ2v) is 6.89. The molecule has 2 aromatic rings. The number of furan rings is 1. The average Bonchev–Trinajstić information content (AvgIpc) is 3.16. The van der Waals surface area contributed by atoms with Crippen molar-refractivity contribution in [3.63, 3.8) is 0 Å². The summed E-state index contributed by atoms with van der Waals surface area (Å²) in [5.74, 6) is 0.610. The van der Waals surface area contributed by atoms with E-state index in [9.17, 15) is 9.90 Å². The van der Waals surface area contributed by atoms with E-state index in [-0.39, 0.29) is 11.9 Å². The Hall–Kier alpha value is -1.66. The van der Waals surface area contributed by atoms with Crippen LogP contribution in [-0.4, -0.2) is 33.5 Å². The predicted octanol–water partition coefficient (Wildman–Crippen LogP) is 3.55. The molecule has 0 bridgehead atoms. The molecule has 23 heavy (non-hydrogen) atoms. The number of carbonyl (C=O) groups excluding carboxylic acids is 1. The molecule has 6 heteroatoms. The molecule has 0 aliphatic carbocycles. The van der Waals surface area contributed by atoms with Gasteiger partial charge in [0.05, 0.1) is 17.5 Å². The molecule has 1 amide bonds. The van der Waals surface area contributed by atoms with Crippen LogP contribution in [0.25, 0.3) is 0 Å². The first kappa shape index (κ1) is 16.2. The van der Waals surface area contributed by atoms with E-state index in [4.69, 9.17) is 4.42 Å². The van der Waals surface area contributed by atoms with Crippen molar-refractivity contribution in [2.24, 2.45) is 0 Å². The number of hydrogen-bond donors (Lipinski definition) is 1. The largest absolute Gasteiger partial charge is 0.467 e. The van der Waals surface area contributed by atoms with Gasteiger partial charge in [-0.15, -0.1) is 11.3 Å². The lowest BCUT2D eigenvalue weighted by Crippen LogP contribution is -2.40. The van der Waals surface area contributed by atoms with Gasteiger partial charge < -0.3 is 14.4 Å². The van der Waals surface area contributed by atoms with Crippen LogP contribution in [0.5, 0.6) is 0 Å². The van der Waals surface area contributed by atoms with Gasteiger partial charge in [0.1, 0.15) is 16.7 Å². The highest BCUT2D eigenvalue weighted by atomic mass is 32.1. The molecule has 1 fully saturated rings. The van der Waals surface area contributed by atoms with Gasteiger partial charge in [0.2, 0.25) is 0 Å². The van der Waals surface area contributed by atoms with Crippen molar-refractivity contribution in [2.75, 3.05) is 6.54 Å². The first-order chi connectivity index (χ1) is 11.2. The summed E-state index contributed by atoms with van der Waals surface area (Å²) in [5.41, 5.74) is 2.50. The molecule has 0 saturated carbocycles. The molecule has 0 radical (unpaired) electrons. The van der Waals surface area contributed by atoms with Crippen molar-refractivity contribution in [1.82, 2.24) is 9.88 Å². The van der Waals surface area contributed by atoms with E-state index in [1.807, 2.05) is 11.8 Å². The van der Waals surface area contributed by atoms with Crippen molar-refractivity contribution in [3.8, 4) is 0 Å². The minimum Gasteiger partial charge on any atom is -0.467 e. The van der Waals surface area contributed by atoms with Crippen molar-refractivity contribution < 1.29 is 14.3 Å². The fraction of sp³-hybridized carbons (Fsp3) is 0.529. The summed E-state index contributed by atoms with van der Waals surface area (Å²) < 4.78 is 5.29. The number of amides is 1. The number of thiazole rings is 1. The first-order valence-electron chi connectivity index (χ1n) is 8.09. The third-order valence-electron chi connectivity index (χ3n) is 4.44. The summed E-state index contributed by atoms with van der Waals surface area (Å²) in [6.45, 7) is 2.61. The summed E-state index contributed by atoms with van der Waals surface area (Å²) in [5, 5.41) is 10.4. The summed E-state index contributed by atoms with van der Waals surface area (Å²) in [7, 11) is 0. The maximum Gasteiger partial charge on any atom is 0.266 e. The number of aliphatic hydroxyl groups is 1. The van der Waals surface area contributed by atoms with Crippen LogP contribution >= 0.6 is 11.3 Å². The summed E-state index contributed by atoms with van der Waals surface area (Å²) in [4.78, 5) is 19.7. The Kier molecular flexibility index (Phi) is 5.13. The number of hydrogen-bond acceptors (Lipinski definition) is 5.